The van der Waals surface area contributed by atoms with Crippen LogP contribution < -0.4 is 16.8 Å². The van der Waals surface area contributed by atoms with Gasteiger partial charge in [0.25, 0.3) is 5.91 Å². The van der Waals surface area contributed by atoms with Gasteiger partial charge in [-0.3, -0.25) is 4.79 Å². The van der Waals surface area contributed by atoms with Gasteiger partial charge in [-0.25, -0.2) is 0 Å². The number of halogens is 1. The van der Waals surface area contributed by atoms with Crippen molar-refractivity contribution in [2.24, 2.45) is 5.73 Å². The molecule has 0 aromatic heterocycles. The van der Waals surface area contributed by atoms with Gasteiger partial charge in [0.2, 0.25) is 0 Å². The summed E-state index contributed by atoms with van der Waals surface area (Å²) in [6.45, 7) is 0.809. The number of hydrogen-bond donors (Lipinski definition) is 3. The zero-order chi connectivity index (χ0) is 16.4. The molecule has 3 rings (SSSR count). The molecule has 0 saturated heterocycles. The molecule has 23 heavy (non-hydrogen) atoms. The molecule has 1 amide bonds. The van der Waals surface area contributed by atoms with E-state index in [1.807, 2.05) is 6.07 Å². The van der Waals surface area contributed by atoms with Gasteiger partial charge in [0, 0.05) is 29.4 Å². The smallest absolute Gasteiger partial charge is 0.251 e. The van der Waals surface area contributed by atoms with Crippen molar-refractivity contribution in [3.05, 3.63) is 63.7 Å². The third-order valence-electron chi connectivity index (χ3n) is 4.26. The Labute approximate surface area is 140 Å². The Morgan fingerprint density at radius 2 is 1.83 bits per heavy atom. The van der Waals surface area contributed by atoms with Crippen LogP contribution >= 0.6 is 11.6 Å². The molecular weight excluding hydrogens is 310 g/mol. The van der Waals surface area contributed by atoms with E-state index in [0.29, 0.717) is 35.3 Å². The number of hydrogen-bond acceptors (Lipinski definition) is 3. The van der Waals surface area contributed by atoms with Crippen molar-refractivity contribution in [1.29, 1.82) is 0 Å². The van der Waals surface area contributed by atoms with Crippen LogP contribution in [0.3, 0.4) is 0 Å². The van der Waals surface area contributed by atoms with E-state index < -0.39 is 0 Å². The molecule has 0 aliphatic heterocycles. The molecule has 1 fully saturated rings. The lowest BCUT2D eigenvalue weighted by Gasteiger charge is -2.17. The van der Waals surface area contributed by atoms with Crippen molar-refractivity contribution in [3.8, 4) is 0 Å². The Morgan fingerprint density at radius 1 is 1.13 bits per heavy atom. The zero-order valence-corrected chi connectivity index (χ0v) is 13.6. The highest BCUT2D eigenvalue weighted by atomic mass is 35.5. The van der Waals surface area contributed by atoms with Crippen LogP contribution in [0.4, 0.5) is 5.69 Å². The maximum atomic E-state index is 12.3. The van der Waals surface area contributed by atoms with E-state index in [0.717, 1.165) is 11.1 Å². The van der Waals surface area contributed by atoms with E-state index in [1.54, 1.807) is 24.3 Å². The molecule has 4 nitrogen and oxygen atoms in total. The molecule has 0 atom stereocenters. The molecule has 1 aliphatic rings. The first-order valence-electron chi connectivity index (χ1n) is 7.74. The molecule has 2 aromatic carbocycles. The second-order valence-corrected chi connectivity index (χ2v) is 6.31. The fraction of sp³-hybridized carbons (Fsp3) is 0.278. The number of nitrogens with two attached hydrogens (primary N) is 2. The van der Waals surface area contributed by atoms with Gasteiger partial charge in [0.15, 0.2) is 0 Å². The summed E-state index contributed by atoms with van der Waals surface area (Å²) in [5.74, 6) is 0.442. The highest BCUT2D eigenvalue weighted by Crippen LogP contribution is 2.43. The number of carbonyl (C=O) groups excluding carboxylic acids is 1. The van der Waals surface area contributed by atoms with Gasteiger partial charge in [0.1, 0.15) is 0 Å². The summed E-state index contributed by atoms with van der Waals surface area (Å²) in [6.07, 6.45) is 2.37. The molecule has 0 spiro atoms. The molecule has 1 aliphatic carbocycles. The number of anilines is 1. The minimum Gasteiger partial charge on any atom is -0.398 e. The summed E-state index contributed by atoms with van der Waals surface area (Å²) in [5.41, 5.74) is 16.5. The number of nitrogen functional groups attached to an aromatic ring is 1. The average molecular weight is 330 g/mol. The molecule has 120 valence electrons. The minimum absolute atomic E-state index is 0.131. The van der Waals surface area contributed by atoms with E-state index in [1.165, 1.54) is 18.4 Å². The summed E-state index contributed by atoms with van der Waals surface area (Å²) >= 11 is 5.85. The van der Waals surface area contributed by atoms with Crippen LogP contribution in [0.1, 0.15) is 45.8 Å². The Balaban J connectivity index is 1.80. The van der Waals surface area contributed by atoms with Crippen LogP contribution in [-0.4, -0.2) is 5.91 Å². The van der Waals surface area contributed by atoms with Crippen LogP contribution in [0.5, 0.6) is 0 Å². The third-order valence-corrected chi connectivity index (χ3v) is 4.51. The number of benzene rings is 2. The van der Waals surface area contributed by atoms with Gasteiger partial charge in [0.05, 0.1) is 0 Å². The zero-order valence-electron chi connectivity index (χ0n) is 12.8. The number of carbonyl (C=O) groups is 1. The normalized spacial score (nSPS) is 13.8. The Bertz CT molecular complexity index is 724. The first-order valence-corrected chi connectivity index (χ1v) is 8.12. The summed E-state index contributed by atoms with van der Waals surface area (Å²) in [7, 11) is 0. The summed E-state index contributed by atoms with van der Waals surface area (Å²) in [4.78, 5) is 12.3. The minimum atomic E-state index is -0.131. The van der Waals surface area contributed by atoms with E-state index in [-0.39, 0.29) is 5.91 Å². The van der Waals surface area contributed by atoms with Crippen LogP contribution in [0, 0.1) is 0 Å². The second kappa shape index (κ2) is 6.60. The number of amides is 1. The first-order chi connectivity index (χ1) is 11.1. The molecule has 2 aromatic rings. The quantitative estimate of drug-likeness (QED) is 0.737. The molecule has 0 bridgehead atoms. The highest BCUT2D eigenvalue weighted by molar-refractivity contribution is 6.30. The Kier molecular flexibility index (Phi) is 4.55. The van der Waals surface area contributed by atoms with Crippen LogP contribution in [0.25, 0.3) is 0 Å². The van der Waals surface area contributed by atoms with Gasteiger partial charge in [-0.1, -0.05) is 17.7 Å². The van der Waals surface area contributed by atoms with Crippen molar-refractivity contribution in [1.82, 2.24) is 5.32 Å². The van der Waals surface area contributed by atoms with Gasteiger partial charge in [-0.15, -0.1) is 0 Å². The highest BCUT2D eigenvalue weighted by Gasteiger charge is 2.27. The first kappa shape index (κ1) is 15.8. The van der Waals surface area contributed by atoms with Crippen LogP contribution in [0.2, 0.25) is 5.02 Å². The number of rotatable bonds is 5. The lowest BCUT2D eigenvalue weighted by Crippen LogP contribution is -2.25. The standard InChI is InChI=1S/C18H20ClN3O/c19-13-5-3-12(4-6-13)18(23)22-10-16-14(11-1-2-11)7-8-17(21)15(16)9-20/h3-8,11H,1-2,9-10,20-21H2,(H,22,23). The SMILES string of the molecule is NCc1c(N)ccc(C2CC2)c1CNC(=O)c1ccc(Cl)cc1. The van der Waals surface area contributed by atoms with Crippen LogP contribution in [-0.2, 0) is 13.1 Å². The maximum absolute atomic E-state index is 12.3. The predicted octanol–water partition coefficient (Wildman–Crippen LogP) is 3.19. The van der Waals surface area contributed by atoms with E-state index in [9.17, 15) is 4.79 Å². The van der Waals surface area contributed by atoms with Gasteiger partial charge in [-0.05, 0) is 65.8 Å². The van der Waals surface area contributed by atoms with Gasteiger partial charge in [-0.2, -0.15) is 0 Å². The lowest BCUT2D eigenvalue weighted by atomic mass is 9.96. The van der Waals surface area contributed by atoms with Crippen molar-refractivity contribution < 1.29 is 4.79 Å². The fourth-order valence-corrected chi connectivity index (χ4v) is 2.95. The topological polar surface area (TPSA) is 81.1 Å². The molecule has 1 saturated carbocycles. The Morgan fingerprint density at radius 3 is 2.43 bits per heavy atom. The molecule has 0 radical (unpaired) electrons. The number of nitrogens with one attached hydrogen (secondary N) is 1. The molecular formula is C18H20ClN3O. The summed E-state index contributed by atoms with van der Waals surface area (Å²) in [5, 5.41) is 3.58. The monoisotopic (exact) mass is 329 g/mol. The maximum Gasteiger partial charge on any atom is 0.251 e. The predicted molar refractivity (Wildman–Crippen MR) is 93.3 cm³/mol. The van der Waals surface area contributed by atoms with Crippen LogP contribution in [0.15, 0.2) is 36.4 Å². The Hall–Kier alpha value is -2.04. The third kappa shape index (κ3) is 3.49. The van der Waals surface area contributed by atoms with Crippen molar-refractivity contribution >= 4 is 23.2 Å². The second-order valence-electron chi connectivity index (χ2n) is 5.87. The summed E-state index contributed by atoms with van der Waals surface area (Å²) < 4.78 is 0. The average Bonchev–Trinajstić information content (AvgIpc) is 3.38. The van der Waals surface area contributed by atoms with E-state index >= 15 is 0 Å². The van der Waals surface area contributed by atoms with Crippen molar-refractivity contribution in [2.45, 2.75) is 31.8 Å². The van der Waals surface area contributed by atoms with Gasteiger partial charge >= 0.3 is 0 Å². The van der Waals surface area contributed by atoms with Crippen molar-refractivity contribution in [3.63, 3.8) is 0 Å². The largest absolute Gasteiger partial charge is 0.398 e. The molecule has 0 unspecified atom stereocenters. The van der Waals surface area contributed by atoms with E-state index in [4.69, 9.17) is 23.1 Å². The lowest BCUT2D eigenvalue weighted by molar-refractivity contribution is 0.0951. The van der Waals surface area contributed by atoms with Crippen molar-refractivity contribution in [2.75, 3.05) is 5.73 Å². The van der Waals surface area contributed by atoms with E-state index in [2.05, 4.69) is 11.4 Å². The van der Waals surface area contributed by atoms with Gasteiger partial charge < -0.3 is 16.8 Å². The summed E-state index contributed by atoms with van der Waals surface area (Å²) in [6, 6.07) is 10.8. The fourth-order valence-electron chi connectivity index (χ4n) is 2.83. The molecule has 5 heteroatoms. The molecule has 5 N–H and O–H groups in total. The molecule has 0 heterocycles.